The van der Waals surface area contributed by atoms with Gasteiger partial charge in [-0.2, -0.15) is 0 Å². The van der Waals surface area contributed by atoms with Crippen molar-refractivity contribution < 1.29 is 9.53 Å². The third-order valence-electron chi connectivity index (χ3n) is 1.55. The van der Waals surface area contributed by atoms with Crippen molar-refractivity contribution in [1.29, 1.82) is 0 Å². The zero-order chi connectivity index (χ0) is 7.40. The molecule has 1 aliphatic rings. The van der Waals surface area contributed by atoms with Gasteiger partial charge in [-0.3, -0.25) is 0 Å². The minimum atomic E-state index is -0.688. The van der Waals surface area contributed by atoms with Gasteiger partial charge in [-0.05, 0) is 25.9 Å². The Labute approximate surface area is 76.8 Å². The van der Waals surface area contributed by atoms with Gasteiger partial charge in [-0.25, -0.2) is 4.79 Å². The molecule has 1 saturated heterocycles. The Hall–Kier alpha value is 0.01000. The molecule has 1 rings (SSSR count). The van der Waals surface area contributed by atoms with E-state index in [1.807, 2.05) is 0 Å². The summed E-state index contributed by atoms with van der Waals surface area (Å²) in [6.45, 7) is 1.82. The summed E-state index contributed by atoms with van der Waals surface area (Å²) in [5.41, 5.74) is -0.688. The molecular weight excluding hydrogens is 189 g/mol. The maximum Gasteiger partial charge on any atom is 0.404 e. The molecule has 1 fully saturated rings. The highest BCUT2D eigenvalue weighted by Gasteiger charge is 2.15. The van der Waals surface area contributed by atoms with Crippen molar-refractivity contribution in [2.45, 2.75) is 18.9 Å². The third-order valence-corrected chi connectivity index (χ3v) is 1.63. The fourth-order valence-electron chi connectivity index (χ4n) is 1.04. The first-order chi connectivity index (χ1) is 4.79. The third kappa shape index (κ3) is 4.45. The number of halogens is 2. The summed E-state index contributed by atoms with van der Waals surface area (Å²) < 4.78 is 4.78. The molecular formula is C6H11Cl2NO2. The molecule has 1 heterocycles. The first-order valence-electron chi connectivity index (χ1n) is 3.36. The van der Waals surface area contributed by atoms with Crippen molar-refractivity contribution in [3.05, 3.63) is 0 Å². The fourth-order valence-corrected chi connectivity index (χ4v) is 1.17. The highest BCUT2D eigenvalue weighted by molar-refractivity contribution is 6.61. The Morgan fingerprint density at radius 3 is 2.45 bits per heavy atom. The van der Waals surface area contributed by atoms with E-state index < -0.39 is 5.43 Å². The molecule has 11 heavy (non-hydrogen) atoms. The lowest BCUT2D eigenvalue weighted by molar-refractivity contribution is 0.100. The van der Waals surface area contributed by atoms with Crippen LogP contribution in [0.25, 0.3) is 0 Å². The van der Waals surface area contributed by atoms with Gasteiger partial charge in [0.05, 0.1) is 0 Å². The number of nitrogens with one attached hydrogen (secondary N) is 1. The largest absolute Gasteiger partial charge is 0.450 e. The van der Waals surface area contributed by atoms with Gasteiger partial charge in [0, 0.05) is 11.6 Å². The maximum atomic E-state index is 10.2. The van der Waals surface area contributed by atoms with E-state index in [1.54, 1.807) is 0 Å². The summed E-state index contributed by atoms with van der Waals surface area (Å²) in [5, 5.41) is 3.15. The normalized spacial score (nSPS) is 18.6. The Morgan fingerprint density at radius 2 is 2.00 bits per heavy atom. The number of piperidine rings is 1. The predicted octanol–water partition coefficient (Wildman–Crippen LogP) is 1.54. The topological polar surface area (TPSA) is 38.3 Å². The molecule has 3 nitrogen and oxygen atoms in total. The number of carbonyl (C=O) groups is 1. The molecule has 0 atom stereocenters. The first-order valence-corrected chi connectivity index (χ1v) is 3.73. The quantitative estimate of drug-likeness (QED) is 0.652. The molecule has 0 unspecified atom stereocenters. The van der Waals surface area contributed by atoms with Crippen molar-refractivity contribution in [3.63, 3.8) is 0 Å². The summed E-state index contributed by atoms with van der Waals surface area (Å²) in [4.78, 5) is 10.2. The number of carbonyl (C=O) groups excluding carboxylic acids is 1. The molecule has 0 aliphatic carbocycles. The molecule has 0 aromatic rings. The van der Waals surface area contributed by atoms with Crippen LogP contribution in [0.3, 0.4) is 0 Å². The molecule has 0 aromatic carbocycles. The molecule has 1 N–H and O–H groups in total. The maximum absolute atomic E-state index is 10.2. The Kier molecular flexibility index (Phi) is 5.64. The molecule has 0 radical (unpaired) electrons. The average molecular weight is 200 g/mol. The minimum absolute atomic E-state index is 0. The zero-order valence-electron chi connectivity index (χ0n) is 6.01. The van der Waals surface area contributed by atoms with Crippen molar-refractivity contribution in [1.82, 2.24) is 5.32 Å². The van der Waals surface area contributed by atoms with E-state index >= 15 is 0 Å². The fraction of sp³-hybridized carbons (Fsp3) is 0.833. The summed E-state index contributed by atoms with van der Waals surface area (Å²) in [5.74, 6) is 0. The van der Waals surface area contributed by atoms with E-state index in [9.17, 15) is 4.79 Å². The lowest BCUT2D eigenvalue weighted by atomic mass is 10.1. The minimum Gasteiger partial charge on any atom is -0.450 e. The summed E-state index contributed by atoms with van der Waals surface area (Å²) in [6.07, 6.45) is 1.78. The predicted molar refractivity (Wildman–Crippen MR) is 45.5 cm³/mol. The van der Waals surface area contributed by atoms with Crippen LogP contribution in [0.15, 0.2) is 0 Å². The van der Waals surface area contributed by atoms with Gasteiger partial charge in [0.1, 0.15) is 6.10 Å². The van der Waals surface area contributed by atoms with Crippen LogP contribution in [0.2, 0.25) is 0 Å². The van der Waals surface area contributed by atoms with E-state index in [0.717, 1.165) is 25.9 Å². The second-order valence-electron chi connectivity index (χ2n) is 2.30. The standard InChI is InChI=1S/C6H10ClNO2.ClH/c7-6(9)10-5-1-3-8-4-2-5;/h5,8H,1-4H2;1H. The van der Waals surface area contributed by atoms with Crippen molar-refractivity contribution in [2.24, 2.45) is 0 Å². The van der Waals surface area contributed by atoms with Gasteiger partial charge in [-0.15, -0.1) is 12.4 Å². The second kappa shape index (κ2) is 5.63. The zero-order valence-corrected chi connectivity index (χ0v) is 7.58. The second-order valence-corrected chi connectivity index (χ2v) is 2.61. The van der Waals surface area contributed by atoms with E-state index in [-0.39, 0.29) is 18.5 Å². The highest BCUT2D eigenvalue weighted by atomic mass is 35.5. The van der Waals surface area contributed by atoms with Crippen molar-refractivity contribution in [3.8, 4) is 0 Å². The number of rotatable bonds is 1. The molecule has 0 spiro atoms. The van der Waals surface area contributed by atoms with Crippen LogP contribution in [0, 0.1) is 0 Å². The van der Waals surface area contributed by atoms with Crippen LogP contribution in [-0.4, -0.2) is 24.6 Å². The van der Waals surface area contributed by atoms with E-state index in [4.69, 9.17) is 16.3 Å². The van der Waals surface area contributed by atoms with Crippen LogP contribution in [-0.2, 0) is 4.74 Å². The summed E-state index contributed by atoms with van der Waals surface area (Å²) in [6, 6.07) is 0. The van der Waals surface area contributed by atoms with Crippen LogP contribution in [0.1, 0.15) is 12.8 Å². The van der Waals surface area contributed by atoms with Gasteiger partial charge in [-0.1, -0.05) is 0 Å². The Balaban J connectivity index is 0.000001000. The van der Waals surface area contributed by atoms with Crippen LogP contribution in [0.5, 0.6) is 0 Å². The van der Waals surface area contributed by atoms with Crippen LogP contribution >= 0.6 is 24.0 Å². The average Bonchev–Trinajstić information content (AvgIpc) is 1.88. The van der Waals surface area contributed by atoms with Gasteiger partial charge in [0.2, 0.25) is 0 Å². The van der Waals surface area contributed by atoms with E-state index in [1.165, 1.54) is 0 Å². The van der Waals surface area contributed by atoms with Gasteiger partial charge >= 0.3 is 5.43 Å². The lowest BCUT2D eigenvalue weighted by Crippen LogP contribution is -2.32. The van der Waals surface area contributed by atoms with Crippen molar-refractivity contribution in [2.75, 3.05) is 13.1 Å². The molecule has 0 amide bonds. The SMILES string of the molecule is Cl.O=C(Cl)OC1CCNCC1. The van der Waals surface area contributed by atoms with Gasteiger partial charge in [0.25, 0.3) is 0 Å². The van der Waals surface area contributed by atoms with Crippen LogP contribution in [0.4, 0.5) is 4.79 Å². The Bertz CT molecular complexity index is 126. The van der Waals surface area contributed by atoms with Crippen LogP contribution < -0.4 is 5.32 Å². The number of hydrogen-bond acceptors (Lipinski definition) is 3. The smallest absolute Gasteiger partial charge is 0.404 e. The summed E-state index contributed by atoms with van der Waals surface area (Å²) >= 11 is 5.03. The van der Waals surface area contributed by atoms with E-state index in [0.29, 0.717) is 0 Å². The van der Waals surface area contributed by atoms with Gasteiger partial charge < -0.3 is 10.1 Å². The van der Waals surface area contributed by atoms with Crippen molar-refractivity contribution >= 4 is 29.4 Å². The lowest BCUT2D eigenvalue weighted by Gasteiger charge is -2.21. The molecule has 1 aliphatic heterocycles. The molecule has 0 bridgehead atoms. The number of ether oxygens (including phenoxy) is 1. The highest BCUT2D eigenvalue weighted by Crippen LogP contribution is 2.08. The molecule has 0 saturated carbocycles. The Morgan fingerprint density at radius 1 is 1.45 bits per heavy atom. The molecule has 0 aromatic heterocycles. The molecule has 66 valence electrons. The number of hydrogen-bond donors (Lipinski definition) is 1. The summed E-state index contributed by atoms with van der Waals surface area (Å²) in [7, 11) is 0. The molecule has 5 heteroatoms. The first kappa shape index (κ1) is 11.0. The van der Waals surface area contributed by atoms with Gasteiger partial charge in [0.15, 0.2) is 0 Å². The van der Waals surface area contributed by atoms with E-state index in [2.05, 4.69) is 5.32 Å². The monoisotopic (exact) mass is 199 g/mol.